The van der Waals surface area contributed by atoms with E-state index >= 15 is 0 Å². The van der Waals surface area contributed by atoms with E-state index in [1.54, 1.807) is 11.8 Å². The fourth-order valence-corrected chi connectivity index (χ4v) is 4.50. The van der Waals surface area contributed by atoms with Gasteiger partial charge in [-0.3, -0.25) is 15.0 Å². The van der Waals surface area contributed by atoms with Gasteiger partial charge in [0.2, 0.25) is 5.91 Å². The number of thioether (sulfide) groups is 1. The number of carbonyl (C=O) groups excluding carboxylic acids is 1. The van der Waals surface area contributed by atoms with Crippen molar-refractivity contribution in [3.05, 3.63) is 11.1 Å². The molecule has 2 atom stereocenters. The number of nitrogens with one attached hydrogen (secondary N) is 2. The maximum atomic E-state index is 12.0. The van der Waals surface area contributed by atoms with Gasteiger partial charge in [0.1, 0.15) is 0 Å². The van der Waals surface area contributed by atoms with Crippen LogP contribution >= 0.6 is 23.1 Å². The second-order valence-corrected chi connectivity index (χ2v) is 7.78. The lowest BCUT2D eigenvalue weighted by atomic mass is 10.0. The zero-order valence-electron chi connectivity index (χ0n) is 12.3. The Morgan fingerprint density at radius 3 is 3.29 bits per heavy atom. The molecule has 7 heteroatoms. The Hall–Kier alpha value is -0.630. The van der Waals surface area contributed by atoms with Gasteiger partial charge in [-0.2, -0.15) is 0 Å². The van der Waals surface area contributed by atoms with Gasteiger partial charge in [0.05, 0.1) is 11.7 Å². The van der Waals surface area contributed by atoms with Crippen LogP contribution < -0.4 is 10.6 Å². The zero-order valence-corrected chi connectivity index (χ0v) is 13.9. The lowest BCUT2D eigenvalue weighted by Crippen LogP contribution is -2.37. The predicted octanol–water partition coefficient (Wildman–Crippen LogP) is 1.98. The highest BCUT2D eigenvalue weighted by Crippen LogP contribution is 2.21. The van der Waals surface area contributed by atoms with Gasteiger partial charge in [-0.05, 0) is 25.3 Å². The molecule has 2 unspecified atom stereocenters. The zero-order chi connectivity index (χ0) is 14.7. The average Bonchev–Trinajstić information content (AvgIpc) is 3.10. The Kier molecular flexibility index (Phi) is 5.15. The third-order valence-electron chi connectivity index (χ3n) is 3.94. The highest BCUT2D eigenvalue weighted by Gasteiger charge is 2.23. The van der Waals surface area contributed by atoms with E-state index in [1.807, 2.05) is 0 Å². The van der Waals surface area contributed by atoms with Crippen LogP contribution in [0.15, 0.2) is 5.38 Å². The van der Waals surface area contributed by atoms with Crippen LogP contribution in [-0.4, -0.2) is 46.6 Å². The summed E-state index contributed by atoms with van der Waals surface area (Å²) in [5, 5.41) is 8.88. The number of piperidine rings is 1. The maximum absolute atomic E-state index is 12.0. The van der Waals surface area contributed by atoms with Gasteiger partial charge in [-0.25, -0.2) is 4.98 Å². The first-order valence-corrected chi connectivity index (χ1v) is 9.53. The molecule has 2 fully saturated rings. The monoisotopic (exact) mass is 326 g/mol. The summed E-state index contributed by atoms with van der Waals surface area (Å²) in [4.78, 5) is 19.0. The molecule has 0 saturated carbocycles. The fraction of sp³-hybridized carbons (Fsp3) is 0.714. The minimum absolute atomic E-state index is 0.0347. The first kappa shape index (κ1) is 15.3. The number of hydrogen-bond donors (Lipinski definition) is 2. The molecular weight excluding hydrogens is 304 g/mol. The molecule has 0 bridgehead atoms. The smallest absolute Gasteiger partial charge is 0.244 e. The van der Waals surface area contributed by atoms with E-state index in [1.165, 1.54) is 24.2 Å². The van der Waals surface area contributed by atoms with Gasteiger partial charge in [-0.1, -0.05) is 6.92 Å². The second kappa shape index (κ2) is 7.09. The number of amides is 1. The fourth-order valence-electron chi connectivity index (χ4n) is 2.85. The summed E-state index contributed by atoms with van der Waals surface area (Å²) < 4.78 is 0. The molecule has 0 aliphatic carbocycles. The Morgan fingerprint density at radius 2 is 2.52 bits per heavy atom. The second-order valence-electron chi connectivity index (χ2n) is 5.89. The summed E-state index contributed by atoms with van der Waals surface area (Å²) >= 11 is 3.28. The molecule has 2 aliphatic heterocycles. The summed E-state index contributed by atoms with van der Waals surface area (Å²) in [5.74, 6) is 2.51. The van der Waals surface area contributed by atoms with Crippen LogP contribution in [0.25, 0.3) is 0 Å². The molecule has 0 spiro atoms. The van der Waals surface area contributed by atoms with Gasteiger partial charge in [0, 0.05) is 30.1 Å². The van der Waals surface area contributed by atoms with Crippen molar-refractivity contribution in [3.63, 3.8) is 0 Å². The molecule has 116 valence electrons. The van der Waals surface area contributed by atoms with Crippen LogP contribution in [0.5, 0.6) is 0 Å². The highest BCUT2D eigenvalue weighted by molar-refractivity contribution is 7.99. The van der Waals surface area contributed by atoms with E-state index in [9.17, 15) is 4.79 Å². The standard InChI is InChI=1S/C14H22N4OS2/c1-10-3-2-4-18(5-10)6-11-7-21-14(16-11)17-13(19)12-8-20-9-15-12/h7,10,12,15H,2-6,8-9H2,1H3,(H,16,17,19). The van der Waals surface area contributed by atoms with Gasteiger partial charge in [0.25, 0.3) is 0 Å². The van der Waals surface area contributed by atoms with Crippen LogP contribution in [0.3, 0.4) is 0 Å². The van der Waals surface area contributed by atoms with Crippen molar-refractivity contribution in [2.45, 2.75) is 32.4 Å². The van der Waals surface area contributed by atoms with Crippen molar-refractivity contribution in [3.8, 4) is 0 Å². The largest absolute Gasteiger partial charge is 0.301 e. The van der Waals surface area contributed by atoms with E-state index in [-0.39, 0.29) is 11.9 Å². The van der Waals surface area contributed by atoms with Crippen molar-refractivity contribution in [1.29, 1.82) is 0 Å². The van der Waals surface area contributed by atoms with Gasteiger partial charge < -0.3 is 5.32 Å². The number of nitrogens with zero attached hydrogens (tertiary/aromatic N) is 2. The Bertz CT molecular complexity index is 487. The number of hydrogen-bond acceptors (Lipinski definition) is 6. The summed E-state index contributed by atoms with van der Waals surface area (Å²) in [7, 11) is 0. The average molecular weight is 326 g/mol. The van der Waals surface area contributed by atoms with Crippen LogP contribution in [0.4, 0.5) is 5.13 Å². The molecule has 2 saturated heterocycles. The van der Waals surface area contributed by atoms with Crippen LogP contribution in [-0.2, 0) is 11.3 Å². The first-order valence-electron chi connectivity index (χ1n) is 7.49. The number of carbonyl (C=O) groups is 1. The molecule has 5 nitrogen and oxygen atoms in total. The van der Waals surface area contributed by atoms with Gasteiger partial charge in [0.15, 0.2) is 5.13 Å². The lowest BCUT2D eigenvalue weighted by molar-refractivity contribution is -0.117. The number of aromatic nitrogens is 1. The minimum Gasteiger partial charge on any atom is -0.301 e. The molecule has 2 aliphatic rings. The van der Waals surface area contributed by atoms with Crippen molar-refractivity contribution >= 4 is 34.1 Å². The van der Waals surface area contributed by atoms with Crippen LogP contribution in [0.1, 0.15) is 25.5 Å². The van der Waals surface area contributed by atoms with E-state index in [0.717, 1.165) is 48.0 Å². The molecule has 1 aromatic heterocycles. The number of rotatable bonds is 4. The summed E-state index contributed by atoms with van der Waals surface area (Å²) in [6.07, 6.45) is 2.61. The summed E-state index contributed by atoms with van der Waals surface area (Å²) in [5.41, 5.74) is 1.07. The molecule has 1 amide bonds. The Balaban J connectivity index is 1.52. The van der Waals surface area contributed by atoms with Crippen molar-refractivity contribution in [2.75, 3.05) is 30.0 Å². The molecule has 21 heavy (non-hydrogen) atoms. The molecule has 2 N–H and O–H groups in total. The maximum Gasteiger partial charge on any atom is 0.244 e. The molecule has 0 aromatic carbocycles. The van der Waals surface area contributed by atoms with E-state index in [2.05, 4.69) is 32.8 Å². The third kappa shape index (κ3) is 4.18. The SMILES string of the molecule is CC1CCCN(Cc2csc(NC(=O)C3CSCN3)n2)C1. The number of anilines is 1. The van der Waals surface area contributed by atoms with E-state index in [4.69, 9.17) is 0 Å². The summed E-state index contributed by atoms with van der Waals surface area (Å²) in [6.45, 7) is 5.52. The van der Waals surface area contributed by atoms with Crippen molar-refractivity contribution < 1.29 is 4.79 Å². The Labute approximate surface area is 133 Å². The van der Waals surface area contributed by atoms with E-state index < -0.39 is 0 Å². The number of thiazole rings is 1. The predicted molar refractivity (Wildman–Crippen MR) is 88.7 cm³/mol. The van der Waals surface area contributed by atoms with Crippen LogP contribution in [0.2, 0.25) is 0 Å². The minimum atomic E-state index is -0.0784. The van der Waals surface area contributed by atoms with Gasteiger partial charge >= 0.3 is 0 Å². The lowest BCUT2D eigenvalue weighted by Gasteiger charge is -2.30. The quantitative estimate of drug-likeness (QED) is 0.886. The van der Waals surface area contributed by atoms with E-state index in [0.29, 0.717) is 0 Å². The molecular formula is C14H22N4OS2. The normalized spacial score (nSPS) is 26.9. The Morgan fingerprint density at radius 1 is 1.62 bits per heavy atom. The van der Waals surface area contributed by atoms with Gasteiger partial charge in [-0.15, -0.1) is 23.1 Å². The molecule has 0 radical (unpaired) electrons. The first-order chi connectivity index (χ1) is 10.2. The van der Waals surface area contributed by atoms with Crippen LogP contribution in [0, 0.1) is 5.92 Å². The third-order valence-corrected chi connectivity index (χ3v) is 5.69. The molecule has 3 heterocycles. The summed E-state index contributed by atoms with van der Waals surface area (Å²) in [6, 6.07) is -0.0784. The molecule has 3 rings (SSSR count). The van der Waals surface area contributed by atoms with Crippen molar-refractivity contribution in [2.24, 2.45) is 5.92 Å². The topological polar surface area (TPSA) is 57.3 Å². The molecule has 1 aromatic rings. The van der Waals surface area contributed by atoms with Crippen molar-refractivity contribution in [1.82, 2.24) is 15.2 Å². The highest BCUT2D eigenvalue weighted by atomic mass is 32.2. The number of likely N-dealkylation sites (tertiary alicyclic amines) is 1.